The highest BCUT2D eigenvalue weighted by Gasteiger charge is 2.25. The number of carbonyl (C=O) groups excluding carboxylic acids is 2. The van der Waals surface area contributed by atoms with Crippen LogP contribution in [-0.4, -0.2) is 22.8 Å². The van der Waals surface area contributed by atoms with E-state index in [0.29, 0.717) is 10.8 Å². The first-order chi connectivity index (χ1) is 14.8. The maximum absolute atomic E-state index is 12.5. The number of esters is 1. The summed E-state index contributed by atoms with van der Waals surface area (Å²) >= 11 is 1.33. The number of thiazole rings is 1. The van der Waals surface area contributed by atoms with Crippen LogP contribution in [0.3, 0.4) is 0 Å². The van der Waals surface area contributed by atoms with Crippen molar-refractivity contribution in [3.8, 4) is 0 Å². The molecule has 4 rings (SSSR count). The molecule has 2 aromatic carbocycles. The van der Waals surface area contributed by atoms with Gasteiger partial charge in [-0.15, -0.1) is 11.3 Å². The second kappa shape index (κ2) is 8.28. The first-order valence-electron chi connectivity index (χ1n) is 9.75. The Morgan fingerprint density at radius 1 is 1.10 bits per heavy atom. The van der Waals surface area contributed by atoms with Gasteiger partial charge in [0.2, 0.25) is 11.8 Å². The number of aromatic nitrogens is 1. The molecule has 1 aromatic heterocycles. The van der Waals surface area contributed by atoms with Crippen LogP contribution < -0.4 is 4.90 Å². The average molecular weight is 432 g/mol. The van der Waals surface area contributed by atoms with Gasteiger partial charge in [-0.1, -0.05) is 35.9 Å². The van der Waals surface area contributed by atoms with Crippen molar-refractivity contribution in [1.82, 2.24) is 4.98 Å². The summed E-state index contributed by atoms with van der Waals surface area (Å²) in [6.07, 6.45) is 1.58. The third-order valence-electron chi connectivity index (χ3n) is 4.85. The molecule has 0 radical (unpaired) electrons. The standard InChI is InChI=1S/C24H21N3O3S/c1-14-7-5-10-18(11-14)22-26-20(23(29)30-22)12-19-13-31-24(25-19)27(17(4)28)21-15(2)8-6-9-16(21)3/h5-13H,1-4H3. The minimum absolute atomic E-state index is 0.133. The normalized spacial score (nSPS) is 14.5. The van der Waals surface area contributed by atoms with E-state index in [9.17, 15) is 9.59 Å². The van der Waals surface area contributed by atoms with Crippen molar-refractivity contribution in [2.75, 3.05) is 4.90 Å². The van der Waals surface area contributed by atoms with Gasteiger partial charge in [0.15, 0.2) is 10.8 Å². The number of amides is 1. The van der Waals surface area contributed by atoms with Crippen LogP contribution in [0.1, 0.15) is 34.9 Å². The number of anilines is 2. The van der Waals surface area contributed by atoms with Crippen LogP contribution in [0.15, 0.2) is 58.5 Å². The molecular weight excluding hydrogens is 410 g/mol. The molecule has 0 saturated heterocycles. The van der Waals surface area contributed by atoms with E-state index >= 15 is 0 Å². The van der Waals surface area contributed by atoms with Gasteiger partial charge in [0.1, 0.15) is 0 Å². The lowest BCUT2D eigenvalue weighted by molar-refractivity contribution is -0.130. The lowest BCUT2D eigenvalue weighted by Crippen LogP contribution is -2.24. The van der Waals surface area contributed by atoms with Gasteiger partial charge in [-0.2, -0.15) is 0 Å². The molecular formula is C24H21N3O3S. The summed E-state index contributed by atoms with van der Waals surface area (Å²) in [7, 11) is 0. The molecule has 6 nitrogen and oxygen atoms in total. The van der Waals surface area contributed by atoms with Crippen molar-refractivity contribution in [2.24, 2.45) is 4.99 Å². The number of carbonyl (C=O) groups is 2. The van der Waals surface area contributed by atoms with E-state index in [-0.39, 0.29) is 17.5 Å². The fraction of sp³-hybridized carbons (Fsp3) is 0.167. The van der Waals surface area contributed by atoms with Gasteiger partial charge in [-0.3, -0.25) is 9.69 Å². The number of cyclic esters (lactones) is 1. The smallest absolute Gasteiger partial charge is 0.363 e. The highest BCUT2D eigenvalue weighted by atomic mass is 32.1. The van der Waals surface area contributed by atoms with Crippen LogP contribution in [0.25, 0.3) is 6.08 Å². The number of aryl methyl sites for hydroxylation is 3. The van der Waals surface area contributed by atoms with Crippen molar-refractivity contribution in [3.05, 3.63) is 81.5 Å². The third kappa shape index (κ3) is 4.18. The third-order valence-corrected chi connectivity index (χ3v) is 5.69. The van der Waals surface area contributed by atoms with Crippen LogP contribution in [0.4, 0.5) is 10.8 Å². The van der Waals surface area contributed by atoms with Gasteiger partial charge in [-0.25, -0.2) is 14.8 Å². The van der Waals surface area contributed by atoms with Crippen LogP contribution in [0.2, 0.25) is 0 Å². The zero-order valence-corrected chi connectivity index (χ0v) is 18.5. The van der Waals surface area contributed by atoms with Crippen LogP contribution in [0.5, 0.6) is 0 Å². The van der Waals surface area contributed by atoms with Crippen molar-refractivity contribution in [2.45, 2.75) is 27.7 Å². The number of rotatable bonds is 4. The summed E-state index contributed by atoms with van der Waals surface area (Å²) < 4.78 is 5.33. The maximum atomic E-state index is 12.5. The highest BCUT2D eigenvalue weighted by Crippen LogP contribution is 2.34. The number of hydrogen-bond donors (Lipinski definition) is 0. The van der Waals surface area contributed by atoms with Gasteiger partial charge >= 0.3 is 5.97 Å². The number of nitrogens with zero attached hydrogens (tertiary/aromatic N) is 3. The minimum Gasteiger partial charge on any atom is -0.402 e. The summed E-state index contributed by atoms with van der Waals surface area (Å²) in [5.41, 5.74) is 5.30. The van der Waals surface area contributed by atoms with Gasteiger partial charge in [0.05, 0.1) is 11.4 Å². The topological polar surface area (TPSA) is 71.9 Å². The van der Waals surface area contributed by atoms with E-state index in [4.69, 9.17) is 4.74 Å². The average Bonchev–Trinajstić information content (AvgIpc) is 3.32. The van der Waals surface area contributed by atoms with E-state index in [1.807, 2.05) is 63.2 Å². The Morgan fingerprint density at radius 2 is 1.81 bits per heavy atom. The van der Waals surface area contributed by atoms with Crippen molar-refractivity contribution in [1.29, 1.82) is 0 Å². The molecule has 1 amide bonds. The Bertz CT molecular complexity index is 1240. The monoisotopic (exact) mass is 431 g/mol. The molecule has 0 bridgehead atoms. The van der Waals surface area contributed by atoms with Gasteiger partial charge < -0.3 is 4.74 Å². The van der Waals surface area contributed by atoms with E-state index in [2.05, 4.69) is 9.98 Å². The summed E-state index contributed by atoms with van der Waals surface area (Å²) in [6, 6.07) is 13.5. The molecule has 0 atom stereocenters. The molecule has 0 N–H and O–H groups in total. The van der Waals surface area contributed by atoms with Crippen LogP contribution in [-0.2, 0) is 14.3 Å². The van der Waals surface area contributed by atoms with Gasteiger partial charge in [0, 0.05) is 17.9 Å². The zero-order valence-electron chi connectivity index (χ0n) is 17.7. The SMILES string of the molecule is CC(=O)N(c1nc(C=C2N=C(c3cccc(C)c3)OC2=O)cs1)c1c(C)cccc1C. The summed E-state index contributed by atoms with van der Waals surface area (Å²) in [4.78, 5) is 35.3. The summed E-state index contributed by atoms with van der Waals surface area (Å²) in [5.74, 6) is -0.383. The van der Waals surface area contributed by atoms with Crippen LogP contribution >= 0.6 is 11.3 Å². The van der Waals surface area contributed by atoms with Gasteiger partial charge in [-0.05, 0) is 50.1 Å². The Labute approximate surface area is 184 Å². The fourth-order valence-electron chi connectivity index (χ4n) is 3.44. The minimum atomic E-state index is -0.524. The van der Waals surface area contributed by atoms with Crippen molar-refractivity contribution < 1.29 is 14.3 Å². The van der Waals surface area contributed by atoms with Crippen molar-refractivity contribution in [3.63, 3.8) is 0 Å². The molecule has 0 unspecified atom stereocenters. The lowest BCUT2D eigenvalue weighted by atomic mass is 10.1. The van der Waals surface area contributed by atoms with E-state index in [1.54, 1.807) is 16.4 Å². The molecule has 1 aliphatic rings. The lowest BCUT2D eigenvalue weighted by Gasteiger charge is -2.22. The molecule has 3 aromatic rings. The van der Waals surface area contributed by atoms with Gasteiger partial charge in [0.25, 0.3) is 0 Å². The maximum Gasteiger partial charge on any atom is 0.363 e. The Balaban J connectivity index is 1.67. The second-order valence-corrected chi connectivity index (χ2v) is 8.19. The quantitative estimate of drug-likeness (QED) is 0.426. The predicted molar refractivity (Wildman–Crippen MR) is 123 cm³/mol. The van der Waals surface area contributed by atoms with E-state index in [1.165, 1.54) is 18.3 Å². The largest absolute Gasteiger partial charge is 0.402 e. The first kappa shape index (κ1) is 20.7. The summed E-state index contributed by atoms with van der Waals surface area (Å²) in [6.45, 7) is 7.40. The molecule has 156 valence electrons. The summed E-state index contributed by atoms with van der Waals surface area (Å²) in [5, 5.41) is 2.32. The van der Waals surface area contributed by atoms with E-state index < -0.39 is 5.97 Å². The highest BCUT2D eigenvalue weighted by molar-refractivity contribution is 7.14. The molecule has 31 heavy (non-hydrogen) atoms. The first-order valence-corrected chi connectivity index (χ1v) is 10.6. The number of benzene rings is 2. The Hall–Kier alpha value is -3.58. The number of hydrogen-bond acceptors (Lipinski definition) is 6. The molecule has 1 aliphatic heterocycles. The predicted octanol–water partition coefficient (Wildman–Crippen LogP) is 5.10. The zero-order chi connectivity index (χ0) is 22.1. The molecule has 0 aliphatic carbocycles. The number of aliphatic imine (C=N–C) groups is 1. The Morgan fingerprint density at radius 3 is 2.48 bits per heavy atom. The fourth-order valence-corrected chi connectivity index (χ4v) is 4.27. The molecule has 0 fully saturated rings. The number of ether oxygens (including phenoxy) is 1. The van der Waals surface area contributed by atoms with E-state index in [0.717, 1.165) is 27.9 Å². The molecule has 7 heteroatoms. The second-order valence-electron chi connectivity index (χ2n) is 7.36. The molecule has 0 spiro atoms. The number of para-hydroxylation sites is 1. The van der Waals surface area contributed by atoms with Crippen LogP contribution in [0, 0.1) is 20.8 Å². The Kier molecular flexibility index (Phi) is 5.52. The molecule has 0 saturated carbocycles. The molecule has 2 heterocycles. The van der Waals surface area contributed by atoms with Crippen molar-refractivity contribution >= 4 is 46.0 Å².